The van der Waals surface area contributed by atoms with Crippen LogP contribution in [0, 0.1) is 31.3 Å². The van der Waals surface area contributed by atoms with Crippen molar-refractivity contribution in [2.45, 2.75) is 18.7 Å². The van der Waals surface area contributed by atoms with Crippen LogP contribution in [0.25, 0.3) is 0 Å². The van der Waals surface area contributed by atoms with Gasteiger partial charge in [-0.05, 0) is 49.2 Å². The second-order valence-corrected chi connectivity index (χ2v) is 8.58. The van der Waals surface area contributed by atoms with Gasteiger partial charge in [-0.25, -0.2) is 21.6 Å². The number of halogens is 3. The minimum atomic E-state index is -4.34. The number of nitrogens with zero attached hydrogens (tertiary/aromatic N) is 2. The maximum Gasteiger partial charge on any atom is 0.253 e. The summed E-state index contributed by atoms with van der Waals surface area (Å²) in [5.41, 5.74) is 2.54. The number of hydrogen-bond donors (Lipinski definition) is 0. The van der Waals surface area contributed by atoms with Crippen molar-refractivity contribution in [2.24, 2.45) is 0 Å². The molecule has 9 heteroatoms. The molecule has 1 heterocycles. The van der Waals surface area contributed by atoms with Gasteiger partial charge in [-0.1, -0.05) is 6.07 Å². The summed E-state index contributed by atoms with van der Waals surface area (Å²) in [6, 6.07) is 6.61. The fraction of sp³-hybridized carbons (Fsp3) is 0.316. The van der Waals surface area contributed by atoms with Crippen LogP contribution in [0.15, 0.2) is 35.2 Å². The van der Waals surface area contributed by atoms with E-state index in [2.05, 4.69) is 0 Å². The van der Waals surface area contributed by atoms with E-state index in [1.807, 2.05) is 19.9 Å². The maximum absolute atomic E-state index is 13.9. The lowest BCUT2D eigenvalue weighted by Crippen LogP contribution is -2.50. The molecule has 0 radical (unpaired) electrons. The number of piperazine rings is 1. The molecule has 0 spiro atoms. The first-order valence-corrected chi connectivity index (χ1v) is 10.1. The fourth-order valence-corrected chi connectivity index (χ4v) is 4.51. The first-order chi connectivity index (χ1) is 13.1. The molecule has 2 aromatic carbocycles. The van der Waals surface area contributed by atoms with Gasteiger partial charge in [0.05, 0.1) is 0 Å². The molecular formula is C19H19F3N2O3S. The number of benzene rings is 2. The van der Waals surface area contributed by atoms with E-state index in [-0.39, 0.29) is 32.1 Å². The number of amides is 1. The third-order valence-corrected chi connectivity index (χ3v) is 6.81. The van der Waals surface area contributed by atoms with Gasteiger partial charge >= 0.3 is 0 Å². The highest BCUT2D eigenvalue weighted by atomic mass is 32.2. The van der Waals surface area contributed by atoms with E-state index >= 15 is 0 Å². The lowest BCUT2D eigenvalue weighted by Gasteiger charge is -2.34. The molecule has 1 amide bonds. The summed E-state index contributed by atoms with van der Waals surface area (Å²) in [4.78, 5) is 13.2. The second kappa shape index (κ2) is 7.56. The molecule has 0 atom stereocenters. The van der Waals surface area contributed by atoms with Crippen LogP contribution < -0.4 is 0 Å². The van der Waals surface area contributed by atoms with Gasteiger partial charge in [0.1, 0.15) is 4.90 Å². The highest BCUT2D eigenvalue weighted by Crippen LogP contribution is 2.24. The molecule has 1 saturated heterocycles. The number of aryl methyl sites for hydroxylation is 2. The molecule has 1 fully saturated rings. The Hall–Kier alpha value is -2.39. The molecule has 3 rings (SSSR count). The lowest BCUT2D eigenvalue weighted by atomic mass is 10.1. The van der Waals surface area contributed by atoms with Crippen molar-refractivity contribution in [1.29, 1.82) is 0 Å². The molecule has 0 aliphatic carbocycles. The van der Waals surface area contributed by atoms with Gasteiger partial charge in [0.2, 0.25) is 10.0 Å². The smallest absolute Gasteiger partial charge is 0.253 e. The molecule has 150 valence electrons. The fourth-order valence-electron chi connectivity index (χ4n) is 3.04. The average molecular weight is 412 g/mol. The van der Waals surface area contributed by atoms with Gasteiger partial charge in [-0.3, -0.25) is 4.79 Å². The zero-order chi connectivity index (χ0) is 20.6. The van der Waals surface area contributed by atoms with E-state index < -0.39 is 32.4 Å². The average Bonchev–Trinajstić information content (AvgIpc) is 2.67. The van der Waals surface area contributed by atoms with Crippen LogP contribution in [-0.4, -0.2) is 49.7 Å². The van der Waals surface area contributed by atoms with Crippen molar-refractivity contribution in [3.05, 3.63) is 64.5 Å². The molecule has 28 heavy (non-hydrogen) atoms. The van der Waals surface area contributed by atoms with E-state index in [0.29, 0.717) is 17.7 Å². The minimum absolute atomic E-state index is 0.0721. The molecular weight excluding hydrogens is 393 g/mol. The lowest BCUT2D eigenvalue weighted by molar-refractivity contribution is 0.0697. The van der Waals surface area contributed by atoms with Gasteiger partial charge in [0.15, 0.2) is 17.5 Å². The Kier molecular flexibility index (Phi) is 5.49. The first-order valence-electron chi connectivity index (χ1n) is 8.63. The standard InChI is InChI=1S/C19H19F3N2O3S/c1-12-3-4-14(11-13(12)2)19(25)23-7-9-24(10-8-23)28(26,27)16-6-5-15(20)17(21)18(16)22/h3-6,11H,7-10H2,1-2H3. The predicted octanol–water partition coefficient (Wildman–Crippen LogP) is 2.87. The van der Waals surface area contributed by atoms with E-state index in [1.165, 1.54) is 4.90 Å². The zero-order valence-electron chi connectivity index (χ0n) is 15.4. The SMILES string of the molecule is Cc1ccc(C(=O)N2CCN(S(=O)(=O)c3ccc(F)c(F)c3F)CC2)cc1C. The Morgan fingerprint density at radius 2 is 1.54 bits per heavy atom. The van der Waals surface area contributed by atoms with Crippen LogP contribution in [-0.2, 0) is 10.0 Å². The zero-order valence-corrected chi connectivity index (χ0v) is 16.2. The van der Waals surface area contributed by atoms with Gasteiger partial charge in [0.25, 0.3) is 5.91 Å². The van der Waals surface area contributed by atoms with Crippen LogP contribution >= 0.6 is 0 Å². The van der Waals surface area contributed by atoms with Crippen molar-refractivity contribution in [2.75, 3.05) is 26.2 Å². The normalized spacial score (nSPS) is 15.7. The summed E-state index contributed by atoms with van der Waals surface area (Å²) >= 11 is 0. The third-order valence-electron chi connectivity index (χ3n) is 4.90. The van der Waals surface area contributed by atoms with Gasteiger partial charge in [0, 0.05) is 31.7 Å². The first kappa shape index (κ1) is 20.3. The molecule has 5 nitrogen and oxygen atoms in total. The molecule has 0 bridgehead atoms. The summed E-state index contributed by atoms with van der Waals surface area (Å²) < 4.78 is 66.6. The van der Waals surface area contributed by atoms with Crippen LogP contribution in [0.1, 0.15) is 21.5 Å². The summed E-state index contributed by atoms with van der Waals surface area (Å²) in [7, 11) is -4.34. The Balaban J connectivity index is 1.75. The van der Waals surface area contributed by atoms with Crippen molar-refractivity contribution in [1.82, 2.24) is 9.21 Å². The maximum atomic E-state index is 13.9. The van der Waals surface area contributed by atoms with E-state index in [9.17, 15) is 26.4 Å². The molecule has 1 aliphatic heterocycles. The number of hydrogen-bond acceptors (Lipinski definition) is 3. The van der Waals surface area contributed by atoms with Gasteiger partial charge in [-0.15, -0.1) is 0 Å². The quantitative estimate of drug-likeness (QED) is 0.729. The molecule has 0 N–H and O–H groups in total. The van der Waals surface area contributed by atoms with Crippen molar-refractivity contribution >= 4 is 15.9 Å². The summed E-state index contributed by atoms with van der Waals surface area (Å²) in [6.07, 6.45) is 0. The third kappa shape index (κ3) is 3.64. The monoisotopic (exact) mass is 412 g/mol. The van der Waals surface area contributed by atoms with Crippen molar-refractivity contribution < 1.29 is 26.4 Å². The molecule has 0 saturated carbocycles. The Bertz CT molecular complexity index is 1030. The number of sulfonamides is 1. The van der Waals surface area contributed by atoms with Crippen molar-refractivity contribution in [3.63, 3.8) is 0 Å². The van der Waals surface area contributed by atoms with E-state index in [4.69, 9.17) is 0 Å². The highest BCUT2D eigenvalue weighted by molar-refractivity contribution is 7.89. The Morgan fingerprint density at radius 3 is 2.14 bits per heavy atom. The van der Waals surface area contributed by atoms with Crippen LogP contribution in [0.3, 0.4) is 0 Å². The van der Waals surface area contributed by atoms with Gasteiger partial charge < -0.3 is 4.90 Å². The predicted molar refractivity (Wildman–Crippen MR) is 96.9 cm³/mol. The molecule has 0 unspecified atom stereocenters. The van der Waals surface area contributed by atoms with Crippen LogP contribution in [0.4, 0.5) is 13.2 Å². The van der Waals surface area contributed by atoms with E-state index in [0.717, 1.165) is 15.4 Å². The second-order valence-electron chi connectivity index (χ2n) is 6.67. The summed E-state index contributed by atoms with van der Waals surface area (Å²) in [5.74, 6) is -5.25. The largest absolute Gasteiger partial charge is 0.336 e. The number of rotatable bonds is 3. The minimum Gasteiger partial charge on any atom is -0.336 e. The molecule has 0 aromatic heterocycles. The van der Waals surface area contributed by atoms with E-state index in [1.54, 1.807) is 12.1 Å². The summed E-state index contributed by atoms with van der Waals surface area (Å²) in [6.45, 7) is 3.90. The Morgan fingerprint density at radius 1 is 0.893 bits per heavy atom. The Labute approximate surface area is 161 Å². The van der Waals surface area contributed by atoms with Crippen molar-refractivity contribution in [3.8, 4) is 0 Å². The number of carbonyl (C=O) groups excluding carboxylic acids is 1. The van der Waals surface area contributed by atoms with Crippen LogP contribution in [0.2, 0.25) is 0 Å². The topological polar surface area (TPSA) is 57.7 Å². The highest BCUT2D eigenvalue weighted by Gasteiger charge is 2.33. The molecule has 2 aromatic rings. The summed E-state index contributed by atoms with van der Waals surface area (Å²) in [5, 5.41) is 0. The molecule has 1 aliphatic rings. The number of carbonyl (C=O) groups is 1. The van der Waals surface area contributed by atoms with Crippen LogP contribution in [0.5, 0.6) is 0 Å². The van der Waals surface area contributed by atoms with Gasteiger partial charge in [-0.2, -0.15) is 4.31 Å².